The molecule has 2 heterocycles. The van der Waals surface area contributed by atoms with Gasteiger partial charge in [-0.1, -0.05) is 18.7 Å². The van der Waals surface area contributed by atoms with E-state index in [1.807, 2.05) is 58.6 Å². The highest BCUT2D eigenvalue weighted by Gasteiger charge is 2.45. The summed E-state index contributed by atoms with van der Waals surface area (Å²) in [6, 6.07) is 7.31. The summed E-state index contributed by atoms with van der Waals surface area (Å²) >= 11 is 0. The van der Waals surface area contributed by atoms with Gasteiger partial charge in [-0.3, -0.25) is 9.18 Å². The average molecular weight is 799 g/mol. The predicted octanol–water partition coefficient (Wildman–Crippen LogP) is 7.13. The molecule has 1 aliphatic heterocycles. The monoisotopic (exact) mass is 798 g/mol. The van der Waals surface area contributed by atoms with Crippen LogP contribution in [0.3, 0.4) is 0 Å². The van der Waals surface area contributed by atoms with Gasteiger partial charge in [-0.25, -0.2) is 19.6 Å². The van der Waals surface area contributed by atoms with Crippen molar-refractivity contribution in [3.8, 4) is 0 Å². The summed E-state index contributed by atoms with van der Waals surface area (Å²) in [5, 5.41) is 0. The molecular weight excluding hydrogens is 741 g/mol. The predicted molar refractivity (Wildman–Crippen MR) is 216 cm³/mol. The number of hydrogen-bond acceptors (Lipinski definition) is 13. The van der Waals surface area contributed by atoms with Crippen LogP contribution < -0.4 is 9.80 Å². The minimum Gasteiger partial charge on any atom is -0.473 e. The largest absolute Gasteiger partial charge is 0.473 e. The number of carbonyl (C=O) groups is 2. The van der Waals surface area contributed by atoms with Crippen LogP contribution in [-0.4, -0.2) is 97.7 Å². The third kappa shape index (κ3) is 12.1. The van der Waals surface area contributed by atoms with Gasteiger partial charge in [0.25, 0.3) is 10.1 Å². The van der Waals surface area contributed by atoms with Gasteiger partial charge in [0.2, 0.25) is 5.90 Å². The molecule has 308 valence electrons. The first-order valence-electron chi connectivity index (χ1n) is 18.5. The van der Waals surface area contributed by atoms with Crippen LogP contribution in [0.25, 0.3) is 5.76 Å². The zero-order chi connectivity index (χ0) is 42.0. The van der Waals surface area contributed by atoms with Crippen LogP contribution in [0.2, 0.25) is 0 Å². The summed E-state index contributed by atoms with van der Waals surface area (Å²) in [6.45, 7) is 25.8. The van der Waals surface area contributed by atoms with Gasteiger partial charge < -0.3 is 28.7 Å². The van der Waals surface area contributed by atoms with Gasteiger partial charge in [0.15, 0.2) is 23.2 Å². The summed E-state index contributed by atoms with van der Waals surface area (Å²) in [4.78, 5) is 45.1. The van der Waals surface area contributed by atoms with E-state index in [4.69, 9.17) is 33.1 Å². The lowest BCUT2D eigenvalue weighted by atomic mass is 10.00. The molecule has 1 aromatic heterocycles. The number of aromatic nitrogens is 2. The highest BCUT2D eigenvalue weighted by atomic mass is 32.2. The lowest BCUT2D eigenvalue weighted by Crippen LogP contribution is -2.40. The molecular formula is C40H58N6O9S. The van der Waals surface area contributed by atoms with E-state index in [1.165, 1.54) is 11.1 Å². The van der Waals surface area contributed by atoms with Crippen molar-refractivity contribution < 1.29 is 41.1 Å². The fourth-order valence-electron chi connectivity index (χ4n) is 6.47. The number of rotatable bonds is 11. The van der Waals surface area contributed by atoms with Gasteiger partial charge in [-0.15, -0.1) is 0 Å². The van der Waals surface area contributed by atoms with Gasteiger partial charge in [0.1, 0.15) is 22.6 Å². The highest BCUT2D eigenvalue weighted by molar-refractivity contribution is 7.86. The first-order chi connectivity index (χ1) is 25.7. The van der Waals surface area contributed by atoms with Crippen molar-refractivity contribution in [3.63, 3.8) is 0 Å². The van der Waals surface area contributed by atoms with Crippen molar-refractivity contribution >= 4 is 45.6 Å². The number of benzene rings is 1. The van der Waals surface area contributed by atoms with Crippen molar-refractivity contribution in [2.24, 2.45) is 16.8 Å². The molecule has 1 saturated carbocycles. The Labute approximate surface area is 331 Å². The number of ether oxygens (including phenoxy) is 4. The second-order valence-electron chi connectivity index (χ2n) is 17.2. The van der Waals surface area contributed by atoms with Gasteiger partial charge in [0.05, 0.1) is 18.6 Å². The summed E-state index contributed by atoms with van der Waals surface area (Å²) in [6.07, 6.45) is 2.37. The summed E-state index contributed by atoms with van der Waals surface area (Å²) in [7, 11) is -0.400. The van der Waals surface area contributed by atoms with Crippen molar-refractivity contribution in [2.75, 3.05) is 43.2 Å². The topological polar surface area (TPSA) is 162 Å². The smallest absolute Gasteiger partial charge is 0.423 e. The number of nitrogens with zero attached hydrogens (tertiary/aromatic N) is 6. The number of fused-ring (bicyclic) bond motifs is 1. The van der Waals surface area contributed by atoms with Crippen molar-refractivity contribution in [3.05, 3.63) is 66.3 Å². The molecule has 0 radical (unpaired) electrons. The average Bonchev–Trinajstić information content (AvgIpc) is 3.63. The van der Waals surface area contributed by atoms with Crippen molar-refractivity contribution in [2.45, 2.75) is 105 Å². The maximum atomic E-state index is 13.9. The Kier molecular flexibility index (Phi) is 13.2. The number of anilines is 2. The molecule has 0 bridgehead atoms. The normalized spacial score (nSPS) is 18.9. The Morgan fingerprint density at radius 1 is 0.911 bits per heavy atom. The fourth-order valence-corrected chi connectivity index (χ4v) is 7.15. The molecule has 3 atom stereocenters. The number of hydrogen-bond donors (Lipinski definition) is 0. The molecule has 1 unspecified atom stereocenters. The summed E-state index contributed by atoms with van der Waals surface area (Å²) < 4.78 is 53.1. The third-order valence-electron chi connectivity index (χ3n) is 8.63. The van der Waals surface area contributed by atoms with E-state index in [0.29, 0.717) is 37.4 Å². The van der Waals surface area contributed by atoms with Gasteiger partial charge in [-0.2, -0.15) is 13.3 Å². The minimum atomic E-state index is -3.63. The van der Waals surface area contributed by atoms with E-state index in [2.05, 4.69) is 18.2 Å². The van der Waals surface area contributed by atoms with Crippen LogP contribution in [-0.2, 0) is 39.8 Å². The van der Waals surface area contributed by atoms with Gasteiger partial charge >= 0.3 is 12.2 Å². The minimum absolute atomic E-state index is 0.00379. The second-order valence-corrected chi connectivity index (χ2v) is 18.8. The van der Waals surface area contributed by atoms with E-state index >= 15 is 0 Å². The molecule has 2 fully saturated rings. The first kappa shape index (κ1) is 44.0. The molecule has 1 saturated heterocycles. The maximum absolute atomic E-state index is 13.9. The fraction of sp³-hybridized carbons (Fsp3) is 0.575. The van der Waals surface area contributed by atoms with Gasteiger partial charge in [-0.05, 0) is 105 Å². The zero-order valence-electron chi connectivity index (χ0n) is 34.8. The van der Waals surface area contributed by atoms with Crippen LogP contribution in [0.5, 0.6) is 0 Å². The Morgan fingerprint density at radius 3 is 2.05 bits per heavy atom. The van der Waals surface area contributed by atoms with Crippen LogP contribution in [0.15, 0.2) is 54.5 Å². The van der Waals surface area contributed by atoms with Crippen molar-refractivity contribution in [1.29, 1.82) is 0 Å². The molecule has 56 heavy (non-hydrogen) atoms. The van der Waals surface area contributed by atoms with Gasteiger partial charge in [0, 0.05) is 45.2 Å². The van der Waals surface area contributed by atoms with E-state index in [9.17, 15) is 18.0 Å². The van der Waals surface area contributed by atoms with Crippen LogP contribution >= 0.6 is 0 Å². The third-order valence-corrected chi connectivity index (χ3v) is 9.22. The first-order valence-corrected chi connectivity index (χ1v) is 20.3. The second kappa shape index (κ2) is 16.8. The van der Waals surface area contributed by atoms with Crippen molar-refractivity contribution in [1.82, 2.24) is 14.9 Å². The molecule has 1 aromatic carbocycles. The summed E-state index contributed by atoms with van der Waals surface area (Å²) in [5.41, 5.74) is -0.699. The lowest BCUT2D eigenvalue weighted by Gasteiger charge is -2.32. The molecule has 4 rings (SSSR count). The van der Waals surface area contributed by atoms with E-state index < -0.39 is 45.2 Å². The number of aliphatic imine (C=N–C) groups is 1. The molecule has 2 aliphatic rings. The molecule has 1 aliphatic carbocycles. The Morgan fingerprint density at radius 2 is 1.50 bits per heavy atom. The highest BCUT2D eigenvalue weighted by Crippen LogP contribution is 2.42. The Bertz CT molecular complexity index is 1900. The lowest BCUT2D eigenvalue weighted by molar-refractivity contribution is 0.0282. The molecule has 2 amide bonds. The van der Waals surface area contributed by atoms with E-state index in [0.717, 1.165) is 23.1 Å². The summed E-state index contributed by atoms with van der Waals surface area (Å²) in [5.74, 6) is 0.768. The van der Waals surface area contributed by atoms with Crippen LogP contribution in [0, 0.1) is 11.8 Å². The van der Waals surface area contributed by atoms with Crippen LogP contribution in [0.1, 0.15) is 92.0 Å². The molecule has 15 nitrogen and oxygen atoms in total. The SMILES string of the molecule is C=C(OC(=NC)c1ccc(CN(C)C(=O)OC(C)(C)C)cc1)c1nc(N2C[C@@H]3CCC(OS(C)(=O)=O)[C@@H]3C2)cnc1N(C(=C)OC(C)(C)C)C(=O)OC(C)(C)C. The van der Waals surface area contributed by atoms with E-state index in [-0.39, 0.29) is 40.9 Å². The Balaban J connectivity index is 1.70. The zero-order valence-corrected chi connectivity index (χ0v) is 35.7. The molecule has 0 spiro atoms. The number of carbonyl (C=O) groups excluding carboxylic acids is 2. The molecule has 0 N–H and O–H groups in total. The van der Waals surface area contributed by atoms with E-state index in [1.54, 1.807) is 47.0 Å². The molecule has 16 heteroatoms. The Hall–Kier alpha value is -4.70. The quantitative estimate of drug-likeness (QED) is 0.0981. The standard InChI is InChI=1S/C40H58N6O9S/c1-25(51-35(41-12)28-17-15-27(16-18-28)22-44(13)36(47)53-39(6,7)8)33-34(46(26(2)52-38(3,4)5)37(48)54-40(9,10)11)42-21-32(43-33)45-23-29-19-20-31(30(29)24-45)55-56(14,49)50/h15-18,21,29-31H,1-2,19-20,22-24H2,3-14H3/t29-,30+,31?/m0/s1. The maximum Gasteiger partial charge on any atom is 0.423 e. The molecule has 2 aromatic rings. The number of amides is 2. The van der Waals surface area contributed by atoms with Crippen LogP contribution in [0.4, 0.5) is 21.2 Å².